The molecule has 3 rings (SSSR count). The highest BCUT2D eigenvalue weighted by Gasteiger charge is 2.14. The highest BCUT2D eigenvalue weighted by atomic mass is 16.5. The molecule has 0 spiro atoms. The first-order valence-electron chi connectivity index (χ1n) is 8.35. The maximum absolute atomic E-state index is 5.42. The van der Waals surface area contributed by atoms with Crippen LogP contribution < -0.4 is 4.90 Å². The van der Waals surface area contributed by atoms with Gasteiger partial charge in [0.2, 0.25) is 11.7 Å². The second-order valence-corrected chi connectivity index (χ2v) is 6.25. The van der Waals surface area contributed by atoms with Crippen molar-refractivity contribution in [2.24, 2.45) is 0 Å². The topological polar surface area (TPSA) is 42.2 Å². The van der Waals surface area contributed by atoms with Crippen LogP contribution in [0.15, 0.2) is 59.1 Å². The van der Waals surface area contributed by atoms with Crippen LogP contribution in [0.1, 0.15) is 25.3 Å². The second kappa shape index (κ2) is 7.30. The summed E-state index contributed by atoms with van der Waals surface area (Å²) in [6, 6.07) is 18.9. The third-order valence-electron chi connectivity index (χ3n) is 4.06. The average Bonchev–Trinajstić information content (AvgIpc) is 3.06. The molecule has 0 amide bonds. The maximum Gasteiger partial charge on any atom is 0.228 e. The van der Waals surface area contributed by atoms with Crippen LogP contribution in [0.5, 0.6) is 0 Å². The lowest BCUT2D eigenvalue weighted by Gasteiger charge is -2.28. The molecule has 0 N–H and O–H groups in total. The predicted octanol–water partition coefficient (Wildman–Crippen LogP) is 4.50. The van der Waals surface area contributed by atoms with Gasteiger partial charge in [-0.3, -0.25) is 0 Å². The van der Waals surface area contributed by atoms with Gasteiger partial charge in [0.25, 0.3) is 0 Å². The van der Waals surface area contributed by atoms with Gasteiger partial charge in [0.05, 0.1) is 0 Å². The number of rotatable bonds is 6. The quantitative estimate of drug-likeness (QED) is 0.670. The Bertz CT molecular complexity index is 763. The maximum atomic E-state index is 5.42. The molecule has 0 unspecified atom stereocenters. The number of hydrogen-bond acceptors (Lipinski definition) is 4. The molecule has 0 aliphatic heterocycles. The Labute approximate surface area is 143 Å². The third kappa shape index (κ3) is 3.82. The summed E-state index contributed by atoms with van der Waals surface area (Å²) in [7, 11) is 0. The summed E-state index contributed by atoms with van der Waals surface area (Å²) in [4.78, 5) is 6.87. The molecule has 3 aromatic rings. The van der Waals surface area contributed by atoms with Crippen LogP contribution in [0, 0.1) is 6.92 Å². The average molecular weight is 321 g/mol. The normalized spacial score (nSPS) is 11.0. The van der Waals surface area contributed by atoms with E-state index in [-0.39, 0.29) is 0 Å². The first kappa shape index (κ1) is 16.2. The van der Waals surface area contributed by atoms with Crippen LogP contribution in [0.3, 0.4) is 0 Å². The number of nitrogens with zero attached hydrogens (tertiary/aromatic N) is 3. The van der Waals surface area contributed by atoms with E-state index in [4.69, 9.17) is 4.52 Å². The van der Waals surface area contributed by atoms with E-state index in [2.05, 4.69) is 60.1 Å². The van der Waals surface area contributed by atoms with Gasteiger partial charge in [-0.1, -0.05) is 53.2 Å². The number of anilines is 1. The molecule has 0 fully saturated rings. The van der Waals surface area contributed by atoms with E-state index in [1.54, 1.807) is 0 Å². The van der Waals surface area contributed by atoms with Gasteiger partial charge < -0.3 is 9.42 Å². The molecule has 4 nitrogen and oxygen atoms in total. The molecule has 24 heavy (non-hydrogen) atoms. The van der Waals surface area contributed by atoms with Crippen LogP contribution >= 0.6 is 0 Å². The minimum absolute atomic E-state index is 0.407. The van der Waals surface area contributed by atoms with Crippen molar-refractivity contribution < 1.29 is 4.52 Å². The summed E-state index contributed by atoms with van der Waals surface area (Å²) in [6.45, 7) is 7.34. The summed E-state index contributed by atoms with van der Waals surface area (Å²) in [5.74, 6) is 1.32. The summed E-state index contributed by atoms with van der Waals surface area (Å²) in [6.07, 6.45) is 0.728. The Morgan fingerprint density at radius 3 is 2.38 bits per heavy atom. The van der Waals surface area contributed by atoms with Gasteiger partial charge in [-0.25, -0.2) is 0 Å². The van der Waals surface area contributed by atoms with Crippen LogP contribution in [0.25, 0.3) is 11.4 Å². The van der Waals surface area contributed by atoms with Gasteiger partial charge in [-0.2, -0.15) is 4.98 Å². The Balaban J connectivity index is 1.69. The molecule has 0 radical (unpaired) electrons. The van der Waals surface area contributed by atoms with E-state index in [0.29, 0.717) is 17.8 Å². The Morgan fingerprint density at radius 2 is 1.71 bits per heavy atom. The highest BCUT2D eigenvalue weighted by molar-refractivity contribution is 5.53. The molecule has 0 saturated carbocycles. The number of aryl methyl sites for hydroxylation is 1. The van der Waals surface area contributed by atoms with Crippen LogP contribution in [0.4, 0.5) is 5.69 Å². The van der Waals surface area contributed by atoms with Gasteiger partial charge in [-0.15, -0.1) is 0 Å². The van der Waals surface area contributed by atoms with Crippen molar-refractivity contribution in [1.29, 1.82) is 0 Å². The van der Waals surface area contributed by atoms with Crippen LogP contribution in [-0.2, 0) is 6.42 Å². The lowest BCUT2D eigenvalue weighted by Crippen LogP contribution is -2.32. The summed E-state index contributed by atoms with van der Waals surface area (Å²) >= 11 is 0. The molecule has 1 heterocycles. The molecule has 0 bridgehead atoms. The zero-order chi connectivity index (χ0) is 16.9. The minimum atomic E-state index is 0.407. The summed E-state index contributed by atoms with van der Waals surface area (Å²) in [5, 5.41) is 4.09. The fraction of sp³-hybridized carbons (Fsp3) is 0.300. The molecule has 124 valence electrons. The molecular formula is C20H23N3O. The number of benzene rings is 2. The molecule has 2 aromatic carbocycles. The highest BCUT2D eigenvalue weighted by Crippen LogP contribution is 2.19. The molecule has 0 aliphatic carbocycles. The van der Waals surface area contributed by atoms with Crippen LogP contribution in [-0.4, -0.2) is 22.7 Å². The Hall–Kier alpha value is -2.62. The fourth-order valence-corrected chi connectivity index (χ4v) is 2.70. The standard InChI is InChI=1S/C20H23N3O/c1-15(2)23(18-11-9-16(3)10-12-18)14-13-19-21-20(22-24-19)17-7-5-4-6-8-17/h4-12,15H,13-14H2,1-3H3. The van der Waals surface area contributed by atoms with E-state index in [1.807, 2.05) is 30.3 Å². The van der Waals surface area contributed by atoms with E-state index in [0.717, 1.165) is 18.5 Å². The lowest BCUT2D eigenvalue weighted by atomic mass is 10.2. The van der Waals surface area contributed by atoms with E-state index in [9.17, 15) is 0 Å². The van der Waals surface area contributed by atoms with Gasteiger partial charge in [0, 0.05) is 30.3 Å². The zero-order valence-electron chi connectivity index (χ0n) is 14.4. The van der Waals surface area contributed by atoms with Gasteiger partial charge in [0.1, 0.15) is 0 Å². The largest absolute Gasteiger partial charge is 0.369 e. The first-order valence-corrected chi connectivity index (χ1v) is 8.35. The van der Waals surface area contributed by atoms with E-state index >= 15 is 0 Å². The van der Waals surface area contributed by atoms with E-state index < -0.39 is 0 Å². The first-order chi connectivity index (χ1) is 11.6. The lowest BCUT2D eigenvalue weighted by molar-refractivity contribution is 0.378. The Kier molecular flexibility index (Phi) is 4.94. The summed E-state index contributed by atoms with van der Waals surface area (Å²) < 4.78 is 5.42. The molecule has 0 saturated heterocycles. The molecule has 0 atom stereocenters. The number of hydrogen-bond donors (Lipinski definition) is 0. The molecule has 0 aliphatic rings. The SMILES string of the molecule is Cc1ccc(N(CCc2nc(-c3ccccc3)no2)C(C)C)cc1. The van der Waals surface area contributed by atoms with Crippen LogP contribution in [0.2, 0.25) is 0 Å². The van der Waals surface area contributed by atoms with Crippen molar-refractivity contribution in [3.8, 4) is 11.4 Å². The van der Waals surface area contributed by atoms with Crippen molar-refractivity contribution >= 4 is 5.69 Å². The molecule has 4 heteroatoms. The predicted molar refractivity (Wildman–Crippen MR) is 97.1 cm³/mol. The second-order valence-electron chi connectivity index (χ2n) is 6.25. The fourth-order valence-electron chi connectivity index (χ4n) is 2.70. The van der Waals surface area contributed by atoms with Crippen molar-refractivity contribution in [3.05, 3.63) is 66.1 Å². The van der Waals surface area contributed by atoms with Gasteiger partial charge in [0.15, 0.2) is 0 Å². The monoisotopic (exact) mass is 321 g/mol. The third-order valence-corrected chi connectivity index (χ3v) is 4.06. The van der Waals surface area contributed by atoms with Crippen molar-refractivity contribution in [2.75, 3.05) is 11.4 Å². The summed E-state index contributed by atoms with van der Waals surface area (Å²) in [5.41, 5.74) is 3.47. The smallest absolute Gasteiger partial charge is 0.228 e. The van der Waals surface area contributed by atoms with Gasteiger partial charge in [-0.05, 0) is 32.9 Å². The van der Waals surface area contributed by atoms with Gasteiger partial charge >= 0.3 is 0 Å². The van der Waals surface area contributed by atoms with Crippen molar-refractivity contribution in [2.45, 2.75) is 33.2 Å². The number of aromatic nitrogens is 2. The van der Waals surface area contributed by atoms with E-state index in [1.165, 1.54) is 11.3 Å². The molecular weight excluding hydrogens is 298 g/mol. The molecule has 1 aromatic heterocycles. The zero-order valence-corrected chi connectivity index (χ0v) is 14.4. The Morgan fingerprint density at radius 1 is 1.00 bits per heavy atom. The van der Waals surface area contributed by atoms with Crippen molar-refractivity contribution in [3.63, 3.8) is 0 Å². The minimum Gasteiger partial charge on any atom is -0.369 e. The van der Waals surface area contributed by atoms with Crippen molar-refractivity contribution in [1.82, 2.24) is 10.1 Å².